The van der Waals surface area contributed by atoms with Crippen molar-refractivity contribution in [2.45, 2.75) is 50.9 Å². The fourth-order valence-electron chi connectivity index (χ4n) is 3.69. The van der Waals surface area contributed by atoms with Gasteiger partial charge in [0.1, 0.15) is 11.4 Å². The van der Waals surface area contributed by atoms with Crippen LogP contribution < -0.4 is 5.32 Å². The van der Waals surface area contributed by atoms with Gasteiger partial charge in [-0.15, -0.1) is 0 Å². The second kappa shape index (κ2) is 8.46. The molecule has 1 heterocycles. The third-order valence-corrected chi connectivity index (χ3v) is 5.14. The van der Waals surface area contributed by atoms with E-state index in [1.165, 1.54) is 30.7 Å². The number of hydrogen-bond acceptors (Lipinski definition) is 5. The molecule has 1 saturated carbocycles. The van der Waals surface area contributed by atoms with Crippen LogP contribution in [0.15, 0.2) is 24.3 Å². The monoisotopic (exact) mass is 364 g/mol. The molecule has 2 fully saturated rings. The second-order valence-corrected chi connectivity index (χ2v) is 7.84. The molecule has 1 aliphatic carbocycles. The number of carbonyl (C=O) groups excluding carboxylic acids is 1. The Balaban J connectivity index is 1.44. The van der Waals surface area contributed by atoms with Crippen LogP contribution >= 0.6 is 0 Å². The summed E-state index contributed by atoms with van der Waals surface area (Å²) in [6.45, 7) is 8.40. The summed E-state index contributed by atoms with van der Waals surface area (Å²) in [5, 5.41) is 3.39. The molecule has 0 amide bonds. The van der Waals surface area contributed by atoms with Crippen molar-refractivity contribution in [3.05, 3.63) is 35.6 Å². The van der Waals surface area contributed by atoms with E-state index in [-0.39, 0.29) is 11.9 Å². The van der Waals surface area contributed by atoms with Crippen LogP contribution in [-0.2, 0) is 9.47 Å². The highest BCUT2D eigenvalue weighted by atomic mass is 19.1. The van der Waals surface area contributed by atoms with Crippen LogP contribution in [0.1, 0.15) is 43.5 Å². The van der Waals surface area contributed by atoms with Crippen molar-refractivity contribution in [3.63, 3.8) is 0 Å². The standard InChI is InChI=1S/C20H29FN2O3/c1-20(2,26-19(24)15-3-5-16(21)6-4-15)14-25-18-8-7-17(13-18)23-11-9-22-10-12-23/h3-6,17-18,22H,7-14H2,1-2H3/t17-,18-/m1/s1. The van der Waals surface area contributed by atoms with Gasteiger partial charge in [-0.2, -0.15) is 0 Å². The predicted octanol–water partition coefficient (Wildman–Crippen LogP) is 2.60. The number of hydrogen-bond donors (Lipinski definition) is 1. The summed E-state index contributed by atoms with van der Waals surface area (Å²) in [5.41, 5.74) is -0.377. The number of ether oxygens (including phenoxy) is 2. The first-order valence-electron chi connectivity index (χ1n) is 9.48. The fraction of sp³-hybridized carbons (Fsp3) is 0.650. The Hall–Kier alpha value is -1.50. The highest BCUT2D eigenvalue weighted by Crippen LogP contribution is 2.28. The summed E-state index contributed by atoms with van der Waals surface area (Å²) >= 11 is 0. The van der Waals surface area contributed by atoms with Crippen molar-refractivity contribution in [2.75, 3.05) is 32.8 Å². The van der Waals surface area contributed by atoms with Gasteiger partial charge in [0.25, 0.3) is 0 Å². The van der Waals surface area contributed by atoms with Crippen LogP contribution in [-0.4, -0.2) is 61.4 Å². The molecule has 0 spiro atoms. The molecule has 0 aromatic heterocycles. The Morgan fingerprint density at radius 3 is 2.62 bits per heavy atom. The fourth-order valence-corrected chi connectivity index (χ4v) is 3.69. The molecule has 1 N–H and O–H groups in total. The number of esters is 1. The summed E-state index contributed by atoms with van der Waals surface area (Å²) in [5.74, 6) is -0.826. The average Bonchev–Trinajstić information content (AvgIpc) is 3.10. The number of halogens is 1. The van der Waals surface area contributed by atoms with E-state index in [2.05, 4.69) is 10.2 Å². The largest absolute Gasteiger partial charge is 0.454 e. The Bertz CT molecular complexity index is 600. The molecule has 0 unspecified atom stereocenters. The van der Waals surface area contributed by atoms with E-state index in [1.54, 1.807) is 0 Å². The van der Waals surface area contributed by atoms with E-state index in [0.29, 0.717) is 18.2 Å². The lowest BCUT2D eigenvalue weighted by atomic mass is 10.1. The zero-order valence-electron chi connectivity index (χ0n) is 15.7. The number of benzene rings is 1. The van der Waals surface area contributed by atoms with E-state index in [4.69, 9.17) is 9.47 Å². The maximum atomic E-state index is 13.0. The minimum absolute atomic E-state index is 0.221. The van der Waals surface area contributed by atoms with Gasteiger partial charge in [-0.25, -0.2) is 9.18 Å². The molecule has 5 nitrogen and oxygen atoms in total. The zero-order chi connectivity index (χ0) is 18.6. The summed E-state index contributed by atoms with van der Waals surface area (Å²) in [6.07, 6.45) is 3.48. The Morgan fingerprint density at radius 1 is 1.23 bits per heavy atom. The molecular weight excluding hydrogens is 335 g/mol. The number of nitrogens with one attached hydrogen (secondary N) is 1. The van der Waals surface area contributed by atoms with Crippen molar-refractivity contribution in [1.29, 1.82) is 0 Å². The number of carbonyl (C=O) groups is 1. The average molecular weight is 364 g/mol. The zero-order valence-corrected chi connectivity index (χ0v) is 15.7. The Morgan fingerprint density at radius 2 is 1.92 bits per heavy atom. The minimum atomic E-state index is -0.724. The maximum Gasteiger partial charge on any atom is 0.338 e. The van der Waals surface area contributed by atoms with Gasteiger partial charge in [-0.05, 0) is 57.4 Å². The summed E-state index contributed by atoms with van der Waals surface area (Å²) < 4.78 is 24.6. The summed E-state index contributed by atoms with van der Waals surface area (Å²) in [7, 11) is 0. The minimum Gasteiger partial charge on any atom is -0.454 e. The molecule has 6 heteroatoms. The Kier molecular flexibility index (Phi) is 6.27. The molecule has 1 aromatic carbocycles. The van der Waals surface area contributed by atoms with Crippen LogP contribution in [0.3, 0.4) is 0 Å². The molecular formula is C20H29FN2O3. The van der Waals surface area contributed by atoms with Crippen molar-refractivity contribution in [1.82, 2.24) is 10.2 Å². The SMILES string of the molecule is CC(C)(CO[C@@H]1CC[C@@H](N2CCNCC2)C1)OC(=O)c1ccc(F)cc1. The van der Waals surface area contributed by atoms with E-state index in [0.717, 1.165) is 39.0 Å². The quantitative estimate of drug-likeness (QED) is 0.787. The first-order chi connectivity index (χ1) is 12.4. The van der Waals surface area contributed by atoms with Crippen molar-refractivity contribution in [3.8, 4) is 0 Å². The third kappa shape index (κ3) is 5.25. The van der Waals surface area contributed by atoms with Crippen LogP contribution in [0.2, 0.25) is 0 Å². The van der Waals surface area contributed by atoms with Gasteiger partial charge in [-0.1, -0.05) is 0 Å². The van der Waals surface area contributed by atoms with Gasteiger partial charge in [-0.3, -0.25) is 4.90 Å². The lowest BCUT2D eigenvalue weighted by Gasteiger charge is -2.33. The molecule has 2 atom stereocenters. The van der Waals surface area contributed by atoms with Gasteiger partial charge in [0.15, 0.2) is 0 Å². The molecule has 1 aromatic rings. The maximum absolute atomic E-state index is 13.0. The van der Waals surface area contributed by atoms with E-state index >= 15 is 0 Å². The third-order valence-electron chi connectivity index (χ3n) is 5.14. The molecule has 0 radical (unpaired) electrons. The van der Waals surface area contributed by atoms with Gasteiger partial charge in [0, 0.05) is 32.2 Å². The lowest BCUT2D eigenvalue weighted by molar-refractivity contribution is -0.0679. The molecule has 0 bridgehead atoms. The number of nitrogens with zero attached hydrogens (tertiary/aromatic N) is 1. The van der Waals surface area contributed by atoms with Gasteiger partial charge in [0.2, 0.25) is 0 Å². The predicted molar refractivity (Wildman–Crippen MR) is 97.7 cm³/mol. The van der Waals surface area contributed by atoms with Crippen LogP contribution in [0.5, 0.6) is 0 Å². The highest BCUT2D eigenvalue weighted by Gasteiger charge is 2.32. The number of piperazine rings is 1. The van der Waals surface area contributed by atoms with Crippen LogP contribution in [0.25, 0.3) is 0 Å². The van der Waals surface area contributed by atoms with E-state index < -0.39 is 11.6 Å². The lowest BCUT2D eigenvalue weighted by Crippen LogP contribution is -2.47. The summed E-state index contributed by atoms with van der Waals surface area (Å²) in [6, 6.07) is 5.99. The topological polar surface area (TPSA) is 50.8 Å². The van der Waals surface area contributed by atoms with Crippen molar-refractivity contribution in [2.24, 2.45) is 0 Å². The molecule has 1 saturated heterocycles. The molecule has 3 rings (SSSR count). The highest BCUT2D eigenvalue weighted by molar-refractivity contribution is 5.89. The molecule has 26 heavy (non-hydrogen) atoms. The van der Waals surface area contributed by atoms with Gasteiger partial charge >= 0.3 is 5.97 Å². The van der Waals surface area contributed by atoms with Crippen LogP contribution in [0.4, 0.5) is 4.39 Å². The van der Waals surface area contributed by atoms with Gasteiger partial charge in [0.05, 0.1) is 18.3 Å². The first kappa shape index (κ1) is 19.3. The van der Waals surface area contributed by atoms with E-state index in [9.17, 15) is 9.18 Å². The van der Waals surface area contributed by atoms with Crippen molar-refractivity contribution < 1.29 is 18.7 Å². The number of rotatable bonds is 6. The van der Waals surface area contributed by atoms with Gasteiger partial charge < -0.3 is 14.8 Å². The van der Waals surface area contributed by atoms with E-state index in [1.807, 2.05) is 13.8 Å². The molecule has 1 aliphatic heterocycles. The molecule has 2 aliphatic rings. The normalized spacial score (nSPS) is 24.6. The van der Waals surface area contributed by atoms with Crippen molar-refractivity contribution >= 4 is 5.97 Å². The van der Waals surface area contributed by atoms with Crippen LogP contribution in [0, 0.1) is 5.82 Å². The summed E-state index contributed by atoms with van der Waals surface area (Å²) in [4.78, 5) is 14.8. The Labute approximate surface area is 154 Å². The molecule has 144 valence electrons. The first-order valence-corrected chi connectivity index (χ1v) is 9.48. The smallest absolute Gasteiger partial charge is 0.338 e. The second-order valence-electron chi connectivity index (χ2n) is 7.84.